The molecule has 0 amide bonds. The number of hydrogen-bond acceptors (Lipinski definition) is 3. The molecule has 2 aromatic heterocycles. The maximum Gasteiger partial charge on any atom is 0.173 e. The fraction of sp³-hybridized carbons (Fsp3) is 0.182. The fourth-order valence-corrected chi connectivity index (χ4v) is 3.34. The van der Waals surface area contributed by atoms with Crippen molar-refractivity contribution < 1.29 is 4.79 Å². The minimum absolute atomic E-state index is 0.233. The monoisotopic (exact) mass is 300 g/mol. The van der Waals surface area contributed by atoms with Crippen LogP contribution in [0, 0.1) is 0 Å². The van der Waals surface area contributed by atoms with Crippen molar-refractivity contribution in [1.29, 1.82) is 0 Å². The molecule has 0 radical (unpaired) electrons. The Morgan fingerprint density at radius 1 is 1.33 bits per heavy atom. The van der Waals surface area contributed by atoms with Crippen LogP contribution in [0.15, 0.2) is 32.7 Å². The van der Waals surface area contributed by atoms with Gasteiger partial charge in [0.05, 0.1) is 8.66 Å². The van der Waals surface area contributed by atoms with Gasteiger partial charge in [0.1, 0.15) is 0 Å². The molecular weight excluding hydrogens is 292 g/mol. The van der Waals surface area contributed by atoms with Crippen LogP contribution in [0.4, 0.5) is 0 Å². The zero-order chi connectivity index (χ0) is 10.7. The summed E-state index contributed by atoms with van der Waals surface area (Å²) >= 11 is 6.54. The highest BCUT2D eigenvalue weighted by molar-refractivity contribution is 9.11. The molecule has 2 heterocycles. The Morgan fingerprint density at radius 2 is 2.20 bits per heavy atom. The lowest BCUT2D eigenvalue weighted by atomic mass is 10.1. The maximum absolute atomic E-state index is 11.7. The maximum atomic E-state index is 11.7. The lowest BCUT2D eigenvalue weighted by Gasteiger charge is -1.95. The molecule has 0 N–H and O–H groups in total. The largest absolute Gasteiger partial charge is 0.293 e. The Hall–Kier alpha value is -0.450. The molecule has 0 bridgehead atoms. The van der Waals surface area contributed by atoms with E-state index in [1.165, 1.54) is 16.9 Å². The van der Waals surface area contributed by atoms with Crippen LogP contribution in [-0.4, -0.2) is 5.78 Å². The van der Waals surface area contributed by atoms with Crippen LogP contribution in [0.25, 0.3) is 0 Å². The van der Waals surface area contributed by atoms with E-state index in [-0.39, 0.29) is 5.78 Å². The van der Waals surface area contributed by atoms with Crippen LogP contribution in [0.1, 0.15) is 21.7 Å². The van der Waals surface area contributed by atoms with Crippen molar-refractivity contribution in [3.8, 4) is 0 Å². The molecule has 0 atom stereocenters. The topological polar surface area (TPSA) is 17.1 Å². The van der Waals surface area contributed by atoms with Gasteiger partial charge in [-0.05, 0) is 56.9 Å². The summed E-state index contributed by atoms with van der Waals surface area (Å²) in [6, 6.07) is 5.87. The molecular formula is C11H9BrOS2. The van der Waals surface area contributed by atoms with Gasteiger partial charge < -0.3 is 0 Å². The van der Waals surface area contributed by atoms with Crippen molar-refractivity contribution in [1.82, 2.24) is 0 Å². The average molecular weight is 301 g/mol. The molecule has 78 valence electrons. The van der Waals surface area contributed by atoms with Crippen molar-refractivity contribution in [2.75, 3.05) is 0 Å². The highest BCUT2D eigenvalue weighted by Crippen LogP contribution is 2.23. The molecule has 2 aromatic rings. The van der Waals surface area contributed by atoms with Crippen LogP contribution in [-0.2, 0) is 6.42 Å². The lowest BCUT2D eigenvalue weighted by Crippen LogP contribution is -1.97. The highest BCUT2D eigenvalue weighted by Gasteiger charge is 2.08. The molecule has 0 aliphatic rings. The normalized spacial score (nSPS) is 10.5. The number of rotatable bonds is 4. The third kappa shape index (κ3) is 3.00. The number of ketones is 1. The zero-order valence-corrected chi connectivity index (χ0v) is 11.1. The van der Waals surface area contributed by atoms with Crippen LogP contribution < -0.4 is 0 Å². The average Bonchev–Trinajstić information content (AvgIpc) is 2.84. The Kier molecular flexibility index (Phi) is 3.72. The summed E-state index contributed by atoms with van der Waals surface area (Å²) in [6.07, 6.45) is 1.45. The van der Waals surface area contributed by atoms with E-state index in [9.17, 15) is 4.79 Å². The van der Waals surface area contributed by atoms with Crippen LogP contribution in [0.5, 0.6) is 0 Å². The molecule has 0 saturated carbocycles. The van der Waals surface area contributed by atoms with Gasteiger partial charge in [-0.25, -0.2) is 0 Å². The summed E-state index contributed by atoms with van der Waals surface area (Å²) in [6.45, 7) is 0. The van der Waals surface area contributed by atoms with Gasteiger partial charge in [0, 0.05) is 6.42 Å². The quantitative estimate of drug-likeness (QED) is 0.766. The van der Waals surface area contributed by atoms with Crippen LogP contribution in [0.2, 0.25) is 0 Å². The van der Waals surface area contributed by atoms with Gasteiger partial charge in [-0.3, -0.25) is 4.79 Å². The Labute approximate surface area is 105 Å². The summed E-state index contributed by atoms with van der Waals surface area (Å²) < 4.78 is 1.02. The van der Waals surface area contributed by atoms with Gasteiger partial charge in [0.25, 0.3) is 0 Å². The minimum atomic E-state index is 0.233. The summed E-state index contributed by atoms with van der Waals surface area (Å²) in [5.74, 6) is 0.233. The van der Waals surface area contributed by atoms with Crippen LogP contribution >= 0.6 is 38.6 Å². The van der Waals surface area contributed by atoms with Crippen molar-refractivity contribution >= 4 is 44.4 Å². The molecule has 15 heavy (non-hydrogen) atoms. The van der Waals surface area contributed by atoms with E-state index in [2.05, 4.69) is 27.4 Å². The smallest absolute Gasteiger partial charge is 0.173 e. The number of thiophene rings is 2. The van der Waals surface area contributed by atoms with E-state index in [1.54, 1.807) is 11.3 Å². The zero-order valence-electron chi connectivity index (χ0n) is 7.90. The standard InChI is InChI=1S/C11H9BrOS2/c12-11-4-3-10(15-11)9(13)2-1-8-5-6-14-7-8/h3-7H,1-2H2. The first-order valence-electron chi connectivity index (χ1n) is 4.55. The molecule has 2 rings (SSSR count). The Balaban J connectivity index is 1.93. The molecule has 0 spiro atoms. The van der Waals surface area contributed by atoms with E-state index in [1.807, 2.05) is 17.5 Å². The third-order valence-corrected chi connectivity index (χ3v) is 4.47. The molecule has 0 saturated heterocycles. The summed E-state index contributed by atoms with van der Waals surface area (Å²) in [4.78, 5) is 12.6. The second-order valence-corrected chi connectivity index (χ2v) is 6.40. The molecule has 0 aromatic carbocycles. The number of carbonyl (C=O) groups excluding carboxylic acids is 1. The fourth-order valence-electron chi connectivity index (χ4n) is 1.28. The predicted octanol–water partition coefficient (Wildman–Crippen LogP) is 4.39. The van der Waals surface area contributed by atoms with Gasteiger partial charge in [-0.1, -0.05) is 0 Å². The third-order valence-electron chi connectivity index (χ3n) is 2.07. The van der Waals surface area contributed by atoms with Crippen LogP contribution in [0.3, 0.4) is 0 Å². The second-order valence-electron chi connectivity index (χ2n) is 3.16. The van der Waals surface area contributed by atoms with E-state index in [4.69, 9.17) is 0 Å². The van der Waals surface area contributed by atoms with E-state index >= 15 is 0 Å². The summed E-state index contributed by atoms with van der Waals surface area (Å²) in [7, 11) is 0. The predicted molar refractivity (Wildman–Crippen MR) is 69.0 cm³/mol. The summed E-state index contributed by atoms with van der Waals surface area (Å²) in [5, 5.41) is 4.14. The Morgan fingerprint density at radius 3 is 2.80 bits per heavy atom. The number of halogens is 1. The number of aryl methyl sites for hydroxylation is 1. The van der Waals surface area contributed by atoms with E-state index in [0.29, 0.717) is 6.42 Å². The minimum Gasteiger partial charge on any atom is -0.293 e. The SMILES string of the molecule is O=C(CCc1ccsc1)c1ccc(Br)s1. The Bertz CT molecular complexity index is 445. The molecule has 1 nitrogen and oxygen atoms in total. The lowest BCUT2D eigenvalue weighted by molar-refractivity contribution is 0.0987. The molecule has 0 fully saturated rings. The van der Waals surface area contributed by atoms with E-state index in [0.717, 1.165) is 15.1 Å². The first-order valence-corrected chi connectivity index (χ1v) is 7.10. The van der Waals surface area contributed by atoms with Gasteiger partial charge in [0.2, 0.25) is 0 Å². The van der Waals surface area contributed by atoms with Gasteiger partial charge in [-0.2, -0.15) is 11.3 Å². The van der Waals surface area contributed by atoms with E-state index < -0.39 is 0 Å². The summed E-state index contributed by atoms with van der Waals surface area (Å²) in [5.41, 5.74) is 1.25. The van der Waals surface area contributed by atoms with Gasteiger partial charge in [-0.15, -0.1) is 11.3 Å². The van der Waals surface area contributed by atoms with Crippen molar-refractivity contribution in [2.24, 2.45) is 0 Å². The number of hydrogen-bond donors (Lipinski definition) is 0. The first kappa shape index (κ1) is 11.0. The number of carbonyl (C=O) groups is 1. The molecule has 0 aliphatic carbocycles. The molecule has 4 heteroatoms. The van der Waals surface area contributed by atoms with Crippen molar-refractivity contribution in [2.45, 2.75) is 12.8 Å². The van der Waals surface area contributed by atoms with Gasteiger partial charge in [0.15, 0.2) is 5.78 Å². The first-order chi connectivity index (χ1) is 7.25. The number of Topliss-reactive ketones (excluding diaryl/α,β-unsaturated/α-hetero) is 1. The second kappa shape index (κ2) is 5.05. The highest BCUT2D eigenvalue weighted by atomic mass is 79.9. The van der Waals surface area contributed by atoms with Crippen molar-refractivity contribution in [3.63, 3.8) is 0 Å². The van der Waals surface area contributed by atoms with Crippen molar-refractivity contribution in [3.05, 3.63) is 43.2 Å². The molecule has 0 unspecified atom stereocenters. The molecule has 0 aliphatic heterocycles. The van der Waals surface area contributed by atoms with Gasteiger partial charge >= 0.3 is 0 Å².